The Kier molecular flexibility index (Phi) is 4.00. The standard InChI is InChI=1S/C8H15NO6/c1-3(11)9-5-7(13)6(12)4(2-10)15-8(5)14/h4-8,10,12-14H,2H2,1H3,(H,9,11)/t4-,5+,6-,7-,8-/m1/s1. The van der Waals surface area contributed by atoms with Gasteiger partial charge < -0.3 is 30.5 Å². The van der Waals surface area contributed by atoms with Gasteiger partial charge in [-0.25, -0.2) is 0 Å². The number of hydrogen-bond acceptors (Lipinski definition) is 6. The molecule has 1 saturated heterocycles. The van der Waals surface area contributed by atoms with Crippen molar-refractivity contribution in [3.63, 3.8) is 0 Å². The molecule has 0 aliphatic carbocycles. The van der Waals surface area contributed by atoms with Crippen LogP contribution in [0.5, 0.6) is 0 Å². The largest absolute Gasteiger partial charge is 0.394 e. The second-order valence-electron chi connectivity index (χ2n) is 3.46. The van der Waals surface area contributed by atoms with Gasteiger partial charge in [-0.2, -0.15) is 0 Å². The third kappa shape index (κ3) is 2.64. The molecule has 0 aromatic rings. The van der Waals surface area contributed by atoms with Crippen LogP contribution >= 0.6 is 0 Å². The van der Waals surface area contributed by atoms with E-state index in [4.69, 9.17) is 9.84 Å². The molecule has 7 heteroatoms. The van der Waals surface area contributed by atoms with Crippen LogP contribution in [0.4, 0.5) is 0 Å². The molecule has 1 fully saturated rings. The van der Waals surface area contributed by atoms with E-state index >= 15 is 0 Å². The Morgan fingerprint density at radius 1 is 1.33 bits per heavy atom. The summed E-state index contributed by atoms with van der Waals surface area (Å²) in [5.41, 5.74) is 0. The summed E-state index contributed by atoms with van der Waals surface area (Å²) in [4.78, 5) is 10.7. The van der Waals surface area contributed by atoms with E-state index in [-0.39, 0.29) is 0 Å². The molecule has 1 aliphatic rings. The molecule has 0 unspecified atom stereocenters. The molecule has 1 heterocycles. The van der Waals surface area contributed by atoms with Gasteiger partial charge in [0.15, 0.2) is 6.29 Å². The SMILES string of the molecule is CC(=O)N[C@H]1[C@@H](O)[C@H](O)[C@@H](CO)O[C@H]1O. The van der Waals surface area contributed by atoms with E-state index in [1.807, 2.05) is 0 Å². The van der Waals surface area contributed by atoms with Gasteiger partial charge in [-0.15, -0.1) is 0 Å². The third-order valence-electron chi connectivity index (χ3n) is 2.27. The number of rotatable bonds is 2. The average Bonchev–Trinajstić information content (AvgIpc) is 2.18. The minimum absolute atomic E-state index is 0.462. The van der Waals surface area contributed by atoms with Crippen LogP contribution in [0.15, 0.2) is 0 Å². The highest BCUT2D eigenvalue weighted by Crippen LogP contribution is 2.19. The van der Waals surface area contributed by atoms with Gasteiger partial charge in [-0.1, -0.05) is 0 Å². The van der Waals surface area contributed by atoms with Crippen molar-refractivity contribution in [3.8, 4) is 0 Å². The number of aliphatic hydroxyl groups is 4. The number of ether oxygens (including phenoxy) is 1. The van der Waals surface area contributed by atoms with Crippen LogP contribution in [0.2, 0.25) is 0 Å². The average molecular weight is 221 g/mol. The number of hydrogen-bond donors (Lipinski definition) is 5. The lowest BCUT2D eigenvalue weighted by Gasteiger charge is -2.40. The highest BCUT2D eigenvalue weighted by atomic mass is 16.6. The first-order valence-electron chi connectivity index (χ1n) is 4.55. The Hall–Kier alpha value is -0.730. The van der Waals surface area contributed by atoms with Crippen LogP contribution < -0.4 is 5.32 Å². The molecule has 1 aliphatic heterocycles. The van der Waals surface area contributed by atoms with Gasteiger partial charge in [0.2, 0.25) is 5.91 Å². The summed E-state index contributed by atoms with van der Waals surface area (Å²) in [5, 5.41) is 39.4. The quantitative estimate of drug-likeness (QED) is 0.337. The summed E-state index contributed by atoms with van der Waals surface area (Å²) in [6, 6.07) is -1.10. The number of nitrogens with one attached hydrogen (secondary N) is 1. The minimum Gasteiger partial charge on any atom is -0.394 e. The molecule has 0 radical (unpaired) electrons. The van der Waals surface area contributed by atoms with Crippen LogP contribution in [0.25, 0.3) is 0 Å². The Balaban J connectivity index is 2.70. The molecule has 88 valence electrons. The molecule has 15 heavy (non-hydrogen) atoms. The first kappa shape index (κ1) is 12.3. The van der Waals surface area contributed by atoms with E-state index in [9.17, 15) is 20.1 Å². The van der Waals surface area contributed by atoms with Gasteiger partial charge in [-0.05, 0) is 0 Å². The lowest BCUT2D eigenvalue weighted by Crippen LogP contribution is -2.63. The molecular formula is C8H15NO6. The summed E-state index contributed by atoms with van der Waals surface area (Å²) < 4.78 is 4.81. The molecule has 0 saturated carbocycles. The topological polar surface area (TPSA) is 119 Å². The van der Waals surface area contributed by atoms with Crippen molar-refractivity contribution in [1.29, 1.82) is 0 Å². The molecule has 0 aromatic carbocycles. The van der Waals surface area contributed by atoms with E-state index in [1.165, 1.54) is 6.92 Å². The fraction of sp³-hybridized carbons (Fsp3) is 0.875. The monoisotopic (exact) mass is 221 g/mol. The predicted molar refractivity (Wildman–Crippen MR) is 47.6 cm³/mol. The molecule has 5 N–H and O–H groups in total. The van der Waals surface area contributed by atoms with Crippen LogP contribution in [-0.2, 0) is 9.53 Å². The maximum Gasteiger partial charge on any atom is 0.217 e. The Morgan fingerprint density at radius 2 is 1.93 bits per heavy atom. The number of carbonyl (C=O) groups is 1. The zero-order valence-corrected chi connectivity index (χ0v) is 8.20. The van der Waals surface area contributed by atoms with Crippen LogP contribution in [0, 0.1) is 0 Å². The normalized spacial score (nSPS) is 41.3. The molecule has 7 nitrogen and oxygen atoms in total. The molecule has 0 spiro atoms. The lowest BCUT2D eigenvalue weighted by molar-refractivity contribution is -0.253. The minimum atomic E-state index is -1.45. The molecular weight excluding hydrogens is 206 g/mol. The van der Waals surface area contributed by atoms with Gasteiger partial charge in [0, 0.05) is 6.92 Å². The maximum atomic E-state index is 10.7. The fourth-order valence-corrected chi connectivity index (χ4v) is 1.49. The summed E-state index contributed by atoms with van der Waals surface area (Å²) in [6.07, 6.45) is -5.24. The van der Waals surface area contributed by atoms with Crippen molar-refractivity contribution in [3.05, 3.63) is 0 Å². The molecule has 1 amide bonds. The number of amides is 1. The van der Waals surface area contributed by atoms with Crippen molar-refractivity contribution >= 4 is 5.91 Å². The third-order valence-corrected chi connectivity index (χ3v) is 2.27. The zero-order valence-electron chi connectivity index (χ0n) is 8.20. The molecule has 0 aromatic heterocycles. The van der Waals surface area contributed by atoms with E-state index in [0.717, 1.165) is 0 Å². The van der Waals surface area contributed by atoms with Crippen molar-refractivity contribution in [2.75, 3.05) is 6.61 Å². The second-order valence-corrected chi connectivity index (χ2v) is 3.46. The Labute approximate surface area is 86.3 Å². The summed E-state index contributed by atoms with van der Waals surface area (Å²) >= 11 is 0. The molecule has 5 atom stereocenters. The summed E-state index contributed by atoms with van der Waals surface area (Å²) in [5.74, 6) is -0.462. The first-order chi connectivity index (χ1) is 6.97. The van der Waals surface area contributed by atoms with E-state index in [1.54, 1.807) is 0 Å². The van der Waals surface area contributed by atoms with Crippen LogP contribution in [-0.4, -0.2) is 63.6 Å². The smallest absolute Gasteiger partial charge is 0.217 e. The van der Waals surface area contributed by atoms with E-state index in [2.05, 4.69) is 5.32 Å². The molecule has 0 bridgehead atoms. The van der Waals surface area contributed by atoms with Gasteiger partial charge in [-0.3, -0.25) is 4.79 Å². The zero-order chi connectivity index (χ0) is 11.6. The molecule has 1 rings (SSSR count). The van der Waals surface area contributed by atoms with Crippen molar-refractivity contribution in [2.24, 2.45) is 0 Å². The fourth-order valence-electron chi connectivity index (χ4n) is 1.49. The maximum absolute atomic E-state index is 10.7. The van der Waals surface area contributed by atoms with Crippen molar-refractivity contribution in [1.82, 2.24) is 5.32 Å². The van der Waals surface area contributed by atoms with Gasteiger partial charge in [0.05, 0.1) is 6.61 Å². The Bertz CT molecular complexity index is 235. The highest BCUT2D eigenvalue weighted by Gasteiger charge is 2.43. The summed E-state index contributed by atoms with van der Waals surface area (Å²) in [7, 11) is 0. The Morgan fingerprint density at radius 3 is 2.40 bits per heavy atom. The lowest BCUT2D eigenvalue weighted by atomic mass is 9.97. The van der Waals surface area contributed by atoms with Gasteiger partial charge in [0.25, 0.3) is 0 Å². The predicted octanol–water partition coefficient (Wildman–Crippen LogP) is -3.08. The first-order valence-corrected chi connectivity index (χ1v) is 4.55. The van der Waals surface area contributed by atoms with Gasteiger partial charge >= 0.3 is 0 Å². The second kappa shape index (κ2) is 4.86. The van der Waals surface area contributed by atoms with Crippen LogP contribution in [0.3, 0.4) is 0 Å². The number of carbonyl (C=O) groups excluding carboxylic acids is 1. The van der Waals surface area contributed by atoms with Gasteiger partial charge in [0.1, 0.15) is 24.4 Å². The summed E-state index contributed by atoms with van der Waals surface area (Å²) in [6.45, 7) is 0.687. The number of aliphatic hydroxyl groups excluding tert-OH is 4. The highest BCUT2D eigenvalue weighted by molar-refractivity contribution is 5.73. The van der Waals surface area contributed by atoms with E-state index in [0.29, 0.717) is 0 Å². The van der Waals surface area contributed by atoms with E-state index < -0.39 is 43.2 Å². The van der Waals surface area contributed by atoms with Crippen molar-refractivity contribution < 1.29 is 30.0 Å². The van der Waals surface area contributed by atoms with Crippen LogP contribution in [0.1, 0.15) is 6.92 Å². The van der Waals surface area contributed by atoms with Crippen molar-refractivity contribution in [2.45, 2.75) is 37.6 Å².